The number of nitro benzene ring substituents is 2. The quantitative estimate of drug-likeness (QED) is 0.118. The van der Waals surface area contributed by atoms with Crippen molar-refractivity contribution in [3.8, 4) is 5.69 Å². The molecule has 0 aliphatic heterocycles. The van der Waals surface area contributed by atoms with Crippen molar-refractivity contribution < 1.29 is 14.6 Å². The van der Waals surface area contributed by atoms with E-state index in [0.29, 0.717) is 28.0 Å². The van der Waals surface area contributed by atoms with Crippen LogP contribution in [-0.2, 0) is 10.5 Å². The van der Waals surface area contributed by atoms with E-state index in [4.69, 9.17) is 0 Å². The summed E-state index contributed by atoms with van der Waals surface area (Å²) in [4.78, 5) is 33.7. The first-order valence-corrected chi connectivity index (χ1v) is 12.8. The van der Waals surface area contributed by atoms with Gasteiger partial charge in [0.05, 0.1) is 15.9 Å². The zero-order valence-corrected chi connectivity index (χ0v) is 21.9. The molecule has 12 heteroatoms. The Balaban J connectivity index is 1.56. The Labute approximate surface area is 227 Å². The van der Waals surface area contributed by atoms with Crippen molar-refractivity contribution in [3.63, 3.8) is 0 Å². The number of hydrogen-bond donors (Lipinski definition) is 1. The molecule has 1 unspecified atom stereocenters. The molecular weight excluding hydrogens is 520 g/mol. The minimum atomic E-state index is -0.561. The molecule has 1 heterocycles. The molecule has 39 heavy (non-hydrogen) atoms. The summed E-state index contributed by atoms with van der Waals surface area (Å²) in [7, 11) is 0. The predicted molar refractivity (Wildman–Crippen MR) is 147 cm³/mol. The Bertz CT molecular complexity index is 1530. The van der Waals surface area contributed by atoms with Gasteiger partial charge in [0, 0.05) is 41.8 Å². The van der Waals surface area contributed by atoms with E-state index < -0.39 is 21.8 Å². The van der Waals surface area contributed by atoms with Crippen molar-refractivity contribution in [1.82, 2.24) is 20.1 Å². The van der Waals surface area contributed by atoms with Gasteiger partial charge in [0.25, 0.3) is 11.4 Å². The van der Waals surface area contributed by atoms with E-state index >= 15 is 0 Å². The highest BCUT2D eigenvalue weighted by Gasteiger charge is 2.21. The first kappa shape index (κ1) is 27.2. The largest absolute Gasteiger partial charge is 0.343 e. The summed E-state index contributed by atoms with van der Waals surface area (Å²) in [6.07, 6.45) is 2.88. The number of thioether (sulfide) groups is 1. The Kier molecular flexibility index (Phi) is 8.46. The van der Waals surface area contributed by atoms with Gasteiger partial charge < -0.3 is 5.32 Å². The molecule has 0 aliphatic carbocycles. The molecule has 3 aromatic carbocycles. The van der Waals surface area contributed by atoms with Crippen LogP contribution in [0.3, 0.4) is 0 Å². The molecule has 0 saturated heterocycles. The summed E-state index contributed by atoms with van der Waals surface area (Å²) in [5, 5.41) is 34.1. The van der Waals surface area contributed by atoms with Crippen LogP contribution in [-0.4, -0.2) is 30.5 Å². The first-order chi connectivity index (χ1) is 18.7. The Hall–Kier alpha value is -4.84. The molecule has 1 atom stereocenters. The molecule has 1 N–H and O–H groups in total. The van der Waals surface area contributed by atoms with E-state index in [1.54, 1.807) is 41.8 Å². The van der Waals surface area contributed by atoms with Crippen LogP contribution in [0.25, 0.3) is 11.8 Å². The van der Waals surface area contributed by atoms with Gasteiger partial charge in [-0.2, -0.15) is 0 Å². The average Bonchev–Trinajstić information content (AvgIpc) is 3.36. The maximum Gasteiger partial charge on any atom is 0.269 e. The Morgan fingerprint density at radius 1 is 0.974 bits per heavy atom. The minimum Gasteiger partial charge on any atom is -0.343 e. The smallest absolute Gasteiger partial charge is 0.269 e. The second kappa shape index (κ2) is 12.1. The summed E-state index contributed by atoms with van der Waals surface area (Å²) < 4.78 is 1.78. The molecule has 0 radical (unpaired) electrons. The molecule has 198 valence electrons. The van der Waals surface area contributed by atoms with Crippen LogP contribution in [0.15, 0.2) is 84.0 Å². The van der Waals surface area contributed by atoms with E-state index in [0.717, 1.165) is 11.1 Å². The standard InChI is InChI=1S/C27H24N6O5S/c1-18-5-3-4-6-21(18)17-39-27-30-29-26(31(27)22-12-14-24(15-13-22)33(37)38)19(2)28-25(34)16-9-20-7-10-23(11-8-20)32(35)36/h3-16,19H,17H2,1-2H3,(H,28,34). The van der Waals surface area contributed by atoms with E-state index in [2.05, 4.69) is 15.5 Å². The number of rotatable bonds is 10. The molecule has 0 saturated carbocycles. The summed E-state index contributed by atoms with van der Waals surface area (Å²) >= 11 is 1.47. The Morgan fingerprint density at radius 2 is 1.59 bits per heavy atom. The van der Waals surface area contributed by atoms with Crippen LogP contribution in [0.2, 0.25) is 0 Å². The number of carbonyl (C=O) groups is 1. The highest BCUT2D eigenvalue weighted by atomic mass is 32.2. The van der Waals surface area contributed by atoms with E-state index in [1.807, 2.05) is 31.2 Å². The number of carbonyl (C=O) groups excluding carboxylic acids is 1. The average molecular weight is 545 g/mol. The molecule has 4 rings (SSSR count). The lowest BCUT2D eigenvalue weighted by Crippen LogP contribution is -2.27. The molecule has 0 aliphatic rings. The SMILES string of the molecule is Cc1ccccc1CSc1nnc(C(C)NC(=O)C=Cc2ccc([N+](=O)[O-])cc2)n1-c1ccc([N+](=O)[O-])cc1. The van der Waals surface area contributed by atoms with Crippen LogP contribution in [0.1, 0.15) is 35.5 Å². The van der Waals surface area contributed by atoms with Crippen molar-refractivity contribution in [1.29, 1.82) is 0 Å². The normalized spacial score (nSPS) is 11.8. The third-order valence-electron chi connectivity index (χ3n) is 5.87. The van der Waals surface area contributed by atoms with Crippen LogP contribution in [0.5, 0.6) is 0 Å². The molecule has 0 fully saturated rings. The first-order valence-electron chi connectivity index (χ1n) is 11.8. The molecule has 0 spiro atoms. The van der Waals surface area contributed by atoms with E-state index in [1.165, 1.54) is 42.1 Å². The van der Waals surface area contributed by atoms with Crippen molar-refractivity contribution in [2.45, 2.75) is 30.8 Å². The van der Waals surface area contributed by atoms with Crippen LogP contribution >= 0.6 is 11.8 Å². The zero-order valence-electron chi connectivity index (χ0n) is 21.1. The van der Waals surface area contributed by atoms with Crippen LogP contribution in [0, 0.1) is 27.2 Å². The number of nitro groups is 2. The molecular formula is C27H24N6O5S. The molecule has 1 aromatic heterocycles. The van der Waals surface area contributed by atoms with Crippen molar-refractivity contribution >= 4 is 35.1 Å². The van der Waals surface area contributed by atoms with Gasteiger partial charge in [-0.05, 0) is 60.9 Å². The molecule has 4 aromatic rings. The fourth-order valence-corrected chi connectivity index (χ4v) is 4.78. The topological polar surface area (TPSA) is 146 Å². The number of hydrogen-bond acceptors (Lipinski definition) is 8. The number of benzene rings is 3. The van der Waals surface area contributed by atoms with Crippen molar-refractivity contribution in [3.05, 3.63) is 122 Å². The lowest BCUT2D eigenvalue weighted by molar-refractivity contribution is -0.385. The zero-order chi connectivity index (χ0) is 27.9. The Morgan fingerprint density at radius 3 is 2.21 bits per heavy atom. The number of aryl methyl sites for hydroxylation is 1. The maximum atomic E-state index is 12.7. The van der Waals surface area contributed by atoms with Gasteiger partial charge in [-0.1, -0.05) is 36.0 Å². The summed E-state index contributed by atoms with van der Waals surface area (Å²) in [5.74, 6) is 0.692. The van der Waals surface area contributed by atoms with Crippen LogP contribution < -0.4 is 5.32 Å². The van der Waals surface area contributed by atoms with Gasteiger partial charge in [0.1, 0.15) is 0 Å². The number of non-ortho nitro benzene ring substituents is 2. The lowest BCUT2D eigenvalue weighted by Gasteiger charge is -2.16. The van der Waals surface area contributed by atoms with Gasteiger partial charge in [0.2, 0.25) is 5.91 Å². The van der Waals surface area contributed by atoms with Gasteiger partial charge in [-0.25, -0.2) is 0 Å². The lowest BCUT2D eigenvalue weighted by atomic mass is 10.1. The van der Waals surface area contributed by atoms with E-state index in [9.17, 15) is 25.0 Å². The predicted octanol–water partition coefficient (Wildman–Crippen LogP) is 5.58. The maximum absolute atomic E-state index is 12.7. The summed E-state index contributed by atoms with van der Waals surface area (Å²) in [5.41, 5.74) is 3.46. The van der Waals surface area contributed by atoms with Crippen molar-refractivity contribution in [2.24, 2.45) is 0 Å². The van der Waals surface area contributed by atoms with Gasteiger partial charge in [-0.3, -0.25) is 29.6 Å². The number of nitrogens with one attached hydrogen (secondary N) is 1. The second-order valence-corrected chi connectivity index (χ2v) is 9.52. The second-order valence-electron chi connectivity index (χ2n) is 8.58. The summed E-state index contributed by atoms with van der Waals surface area (Å²) in [6.45, 7) is 3.80. The van der Waals surface area contributed by atoms with Gasteiger partial charge in [0.15, 0.2) is 11.0 Å². The fourth-order valence-electron chi connectivity index (χ4n) is 3.74. The third-order valence-corrected chi connectivity index (χ3v) is 6.85. The van der Waals surface area contributed by atoms with Gasteiger partial charge in [-0.15, -0.1) is 10.2 Å². The number of aromatic nitrogens is 3. The summed E-state index contributed by atoms with van der Waals surface area (Å²) in [6, 6.07) is 19.3. The highest BCUT2D eigenvalue weighted by molar-refractivity contribution is 7.98. The third kappa shape index (κ3) is 6.73. The van der Waals surface area contributed by atoms with E-state index in [-0.39, 0.29) is 11.4 Å². The molecule has 1 amide bonds. The highest BCUT2D eigenvalue weighted by Crippen LogP contribution is 2.29. The minimum absolute atomic E-state index is 0.0353. The number of nitrogens with zero attached hydrogens (tertiary/aromatic N) is 5. The monoisotopic (exact) mass is 544 g/mol. The molecule has 0 bridgehead atoms. The fraction of sp³-hybridized carbons (Fsp3) is 0.148. The number of amides is 1. The van der Waals surface area contributed by atoms with Crippen LogP contribution in [0.4, 0.5) is 11.4 Å². The van der Waals surface area contributed by atoms with Gasteiger partial charge >= 0.3 is 0 Å². The molecule has 11 nitrogen and oxygen atoms in total. The van der Waals surface area contributed by atoms with Crippen molar-refractivity contribution in [2.75, 3.05) is 0 Å².